The summed E-state index contributed by atoms with van der Waals surface area (Å²) in [5.74, 6) is -0.783. The first-order valence-electron chi connectivity index (χ1n) is 8.75. The molecule has 0 bridgehead atoms. The number of nitrogens with one attached hydrogen (secondary N) is 1. The van der Waals surface area contributed by atoms with Gasteiger partial charge in [-0.15, -0.1) is 0 Å². The average Bonchev–Trinajstić information content (AvgIpc) is 2.63. The Bertz CT molecular complexity index is 670. The molecule has 1 aliphatic heterocycles. The molecule has 2 aromatic carbocycles. The number of likely N-dealkylation sites (N-methyl/N-ethyl adjacent to an activating group) is 1. The Balaban J connectivity index is 1.69. The van der Waals surface area contributed by atoms with Gasteiger partial charge in [-0.05, 0) is 30.8 Å². The van der Waals surface area contributed by atoms with Crippen molar-refractivity contribution in [2.24, 2.45) is 0 Å². The van der Waals surface area contributed by atoms with Crippen LogP contribution in [0.2, 0.25) is 0 Å². The molecule has 1 fully saturated rings. The third kappa shape index (κ3) is 5.08. The highest BCUT2D eigenvalue weighted by atomic mass is 19.1. The van der Waals surface area contributed by atoms with E-state index < -0.39 is 5.82 Å². The van der Waals surface area contributed by atoms with Crippen molar-refractivity contribution in [2.45, 2.75) is 12.6 Å². The Morgan fingerprint density at radius 2 is 1.72 bits per heavy atom. The first-order chi connectivity index (χ1) is 12.1. The highest BCUT2D eigenvalue weighted by Crippen LogP contribution is 2.17. The van der Waals surface area contributed by atoms with Crippen LogP contribution < -0.4 is 5.32 Å². The quantitative estimate of drug-likeness (QED) is 0.868. The summed E-state index contributed by atoms with van der Waals surface area (Å²) >= 11 is 0. The van der Waals surface area contributed by atoms with Gasteiger partial charge < -0.3 is 10.2 Å². The maximum atomic E-state index is 13.9. The molecule has 3 rings (SSSR count). The SMILES string of the molecule is CN1CCN(C[C@H](NCc2cc(F)ccc2F)c2ccccc2)CC1. The van der Waals surface area contributed by atoms with E-state index in [1.165, 1.54) is 17.7 Å². The number of benzene rings is 2. The number of halogens is 2. The molecule has 1 aliphatic rings. The van der Waals surface area contributed by atoms with Gasteiger partial charge in [0, 0.05) is 50.9 Å². The van der Waals surface area contributed by atoms with Crippen molar-refractivity contribution in [1.82, 2.24) is 15.1 Å². The van der Waals surface area contributed by atoms with Gasteiger partial charge >= 0.3 is 0 Å². The van der Waals surface area contributed by atoms with Crippen LogP contribution in [0.3, 0.4) is 0 Å². The van der Waals surface area contributed by atoms with Crippen LogP contribution in [-0.4, -0.2) is 49.6 Å². The van der Waals surface area contributed by atoms with E-state index in [0.29, 0.717) is 12.1 Å². The van der Waals surface area contributed by atoms with Crippen LogP contribution in [0.25, 0.3) is 0 Å². The maximum Gasteiger partial charge on any atom is 0.127 e. The molecule has 0 unspecified atom stereocenters. The van der Waals surface area contributed by atoms with Gasteiger partial charge in [-0.25, -0.2) is 8.78 Å². The van der Waals surface area contributed by atoms with Crippen molar-refractivity contribution >= 4 is 0 Å². The molecule has 1 saturated heterocycles. The van der Waals surface area contributed by atoms with Gasteiger partial charge in [-0.2, -0.15) is 0 Å². The molecular formula is C20H25F2N3. The van der Waals surface area contributed by atoms with Gasteiger partial charge in [-0.3, -0.25) is 4.90 Å². The van der Waals surface area contributed by atoms with E-state index in [9.17, 15) is 8.78 Å². The molecule has 2 aromatic rings. The lowest BCUT2D eigenvalue weighted by molar-refractivity contribution is 0.141. The summed E-state index contributed by atoms with van der Waals surface area (Å²) in [7, 11) is 2.14. The van der Waals surface area contributed by atoms with Crippen LogP contribution in [0.4, 0.5) is 8.78 Å². The zero-order chi connectivity index (χ0) is 17.6. The number of hydrogen-bond donors (Lipinski definition) is 1. The van der Waals surface area contributed by atoms with Crippen LogP contribution in [0.1, 0.15) is 17.2 Å². The van der Waals surface area contributed by atoms with Crippen molar-refractivity contribution in [3.63, 3.8) is 0 Å². The standard InChI is InChI=1S/C20H25F2N3/c1-24-9-11-25(12-10-24)15-20(16-5-3-2-4-6-16)23-14-17-13-18(21)7-8-19(17)22/h2-8,13,20,23H,9-12,14-15H2,1H3/t20-/m0/s1. The first-order valence-corrected chi connectivity index (χ1v) is 8.75. The Hall–Kier alpha value is -1.82. The first kappa shape index (κ1) is 18.0. The van der Waals surface area contributed by atoms with Crippen molar-refractivity contribution in [3.05, 3.63) is 71.3 Å². The van der Waals surface area contributed by atoms with E-state index in [4.69, 9.17) is 0 Å². The minimum absolute atomic E-state index is 0.0762. The molecule has 0 spiro atoms. The normalized spacial score (nSPS) is 17.6. The Morgan fingerprint density at radius 3 is 2.44 bits per heavy atom. The van der Waals surface area contributed by atoms with Crippen LogP contribution in [0, 0.1) is 11.6 Å². The number of piperazine rings is 1. The van der Waals surface area contributed by atoms with Crippen LogP contribution >= 0.6 is 0 Å². The average molecular weight is 345 g/mol. The van der Waals surface area contributed by atoms with E-state index in [0.717, 1.165) is 38.8 Å². The smallest absolute Gasteiger partial charge is 0.127 e. The van der Waals surface area contributed by atoms with Crippen molar-refractivity contribution in [2.75, 3.05) is 39.8 Å². The van der Waals surface area contributed by atoms with Crippen molar-refractivity contribution < 1.29 is 8.78 Å². The molecule has 1 N–H and O–H groups in total. The molecule has 0 amide bonds. The summed E-state index contributed by atoms with van der Waals surface area (Å²) in [5.41, 5.74) is 1.53. The largest absolute Gasteiger partial charge is 0.305 e. The summed E-state index contributed by atoms with van der Waals surface area (Å²) in [6.45, 7) is 5.32. The minimum atomic E-state index is -0.409. The highest BCUT2D eigenvalue weighted by molar-refractivity contribution is 5.22. The Labute approximate surface area is 148 Å². The Kier molecular flexibility index (Phi) is 6.13. The molecule has 0 aliphatic carbocycles. The third-order valence-corrected chi connectivity index (χ3v) is 4.79. The second-order valence-corrected chi connectivity index (χ2v) is 6.68. The van der Waals surface area contributed by atoms with Gasteiger partial charge in [0.05, 0.1) is 0 Å². The summed E-state index contributed by atoms with van der Waals surface area (Å²) in [6.07, 6.45) is 0. The predicted molar refractivity (Wildman–Crippen MR) is 96.3 cm³/mol. The van der Waals surface area contributed by atoms with Gasteiger partial charge in [0.15, 0.2) is 0 Å². The number of rotatable bonds is 6. The molecule has 1 atom stereocenters. The monoisotopic (exact) mass is 345 g/mol. The van der Waals surface area contributed by atoms with Gasteiger partial charge in [0.1, 0.15) is 11.6 Å². The molecule has 0 aromatic heterocycles. The summed E-state index contributed by atoms with van der Waals surface area (Å²) < 4.78 is 27.3. The predicted octanol–water partition coefficient (Wildman–Crippen LogP) is 3.04. The van der Waals surface area contributed by atoms with E-state index in [1.807, 2.05) is 18.2 Å². The second-order valence-electron chi connectivity index (χ2n) is 6.68. The number of hydrogen-bond acceptors (Lipinski definition) is 3. The molecule has 25 heavy (non-hydrogen) atoms. The van der Waals surface area contributed by atoms with Crippen molar-refractivity contribution in [3.8, 4) is 0 Å². The topological polar surface area (TPSA) is 18.5 Å². The fraction of sp³-hybridized carbons (Fsp3) is 0.400. The lowest BCUT2D eigenvalue weighted by atomic mass is 10.1. The lowest BCUT2D eigenvalue weighted by Crippen LogP contribution is -2.47. The maximum absolute atomic E-state index is 13.9. The zero-order valence-corrected chi connectivity index (χ0v) is 14.6. The molecular weight excluding hydrogens is 320 g/mol. The van der Waals surface area contributed by atoms with Crippen molar-refractivity contribution in [1.29, 1.82) is 0 Å². The zero-order valence-electron chi connectivity index (χ0n) is 14.6. The molecule has 1 heterocycles. The Morgan fingerprint density at radius 1 is 1.00 bits per heavy atom. The molecule has 3 nitrogen and oxygen atoms in total. The molecule has 0 radical (unpaired) electrons. The fourth-order valence-electron chi connectivity index (χ4n) is 3.17. The van der Waals surface area contributed by atoms with E-state index in [2.05, 4.69) is 34.3 Å². The lowest BCUT2D eigenvalue weighted by Gasteiger charge is -2.35. The summed E-state index contributed by atoms with van der Waals surface area (Å²) in [6, 6.07) is 13.8. The summed E-state index contributed by atoms with van der Waals surface area (Å²) in [5, 5.41) is 3.42. The molecule has 134 valence electrons. The fourth-order valence-corrected chi connectivity index (χ4v) is 3.17. The third-order valence-electron chi connectivity index (χ3n) is 4.79. The van der Waals surface area contributed by atoms with E-state index in [-0.39, 0.29) is 11.9 Å². The summed E-state index contributed by atoms with van der Waals surface area (Å²) in [4.78, 5) is 4.75. The van der Waals surface area contributed by atoms with Crippen LogP contribution in [0.5, 0.6) is 0 Å². The highest BCUT2D eigenvalue weighted by Gasteiger charge is 2.19. The van der Waals surface area contributed by atoms with Crippen LogP contribution in [-0.2, 0) is 6.54 Å². The molecule has 5 heteroatoms. The molecule has 0 saturated carbocycles. The van der Waals surface area contributed by atoms with Gasteiger partial charge in [0.25, 0.3) is 0 Å². The number of nitrogens with zero attached hydrogens (tertiary/aromatic N) is 2. The van der Waals surface area contributed by atoms with E-state index in [1.54, 1.807) is 0 Å². The minimum Gasteiger partial charge on any atom is -0.305 e. The second kappa shape index (κ2) is 8.52. The van der Waals surface area contributed by atoms with Gasteiger partial charge in [0.2, 0.25) is 0 Å². The van der Waals surface area contributed by atoms with Gasteiger partial charge in [-0.1, -0.05) is 30.3 Å². The van der Waals surface area contributed by atoms with E-state index >= 15 is 0 Å². The van der Waals surface area contributed by atoms with Crippen LogP contribution in [0.15, 0.2) is 48.5 Å².